The van der Waals surface area contributed by atoms with Crippen LogP contribution in [-0.2, 0) is 25.7 Å². The van der Waals surface area contributed by atoms with Crippen LogP contribution < -0.4 is 15.1 Å². The molecule has 2 aliphatic rings. The van der Waals surface area contributed by atoms with E-state index in [4.69, 9.17) is 32.4 Å². The van der Waals surface area contributed by atoms with Gasteiger partial charge in [0.05, 0.1) is 55.9 Å². The third-order valence-corrected chi connectivity index (χ3v) is 10.4. The number of fused-ring (bicyclic) bond motifs is 2. The molecule has 1 saturated heterocycles. The molecule has 0 saturated carbocycles. The molecule has 0 radical (unpaired) electrons. The van der Waals surface area contributed by atoms with E-state index in [1.54, 1.807) is 31.2 Å². The number of carbonyl (C=O) groups is 4. The number of esters is 1. The molecule has 4 heterocycles. The van der Waals surface area contributed by atoms with Crippen molar-refractivity contribution in [2.75, 3.05) is 16.8 Å². The van der Waals surface area contributed by atoms with Gasteiger partial charge in [-0.05, 0) is 61.5 Å². The summed E-state index contributed by atoms with van der Waals surface area (Å²) in [5.74, 6) is -3.10. The number of imide groups is 1. The van der Waals surface area contributed by atoms with E-state index in [2.05, 4.69) is 5.32 Å². The average molecular weight is 659 g/mol. The summed E-state index contributed by atoms with van der Waals surface area (Å²) in [6, 6.07) is 14.0. The minimum atomic E-state index is -0.891. The molecular formula is C29H21Cl2N3O7S2. The molecule has 43 heavy (non-hydrogen) atoms. The van der Waals surface area contributed by atoms with Crippen LogP contribution in [0.25, 0.3) is 0 Å². The van der Waals surface area contributed by atoms with Gasteiger partial charge >= 0.3 is 10.8 Å². The number of aromatic nitrogens is 1. The van der Waals surface area contributed by atoms with Gasteiger partial charge in [0, 0.05) is 5.69 Å². The molecule has 1 N–H and O–H groups in total. The van der Waals surface area contributed by atoms with E-state index >= 15 is 0 Å². The van der Waals surface area contributed by atoms with Crippen molar-refractivity contribution in [3.05, 3.63) is 96.8 Å². The molecule has 1 fully saturated rings. The SMILES string of the molecule is CCOC(=O)c1ccc(N2C(=O)C3Sc4c(sc(=O)n4CC(=O)Nc4ccc(Cl)c(Cl)c4)[C@H](c4ccco4)C3C2=O)cc1. The van der Waals surface area contributed by atoms with Crippen LogP contribution in [0.1, 0.15) is 33.8 Å². The highest BCUT2D eigenvalue weighted by molar-refractivity contribution is 8.00. The third kappa shape index (κ3) is 5.29. The van der Waals surface area contributed by atoms with Gasteiger partial charge in [0.2, 0.25) is 17.7 Å². The first kappa shape index (κ1) is 29.2. The quantitative estimate of drug-likeness (QED) is 0.206. The highest BCUT2D eigenvalue weighted by atomic mass is 35.5. The Balaban J connectivity index is 1.33. The normalized spacial score (nSPS) is 19.2. The molecule has 2 aromatic carbocycles. The van der Waals surface area contributed by atoms with Crippen molar-refractivity contribution in [3.8, 4) is 0 Å². The van der Waals surface area contributed by atoms with Gasteiger partial charge in [0.1, 0.15) is 17.6 Å². The molecule has 0 bridgehead atoms. The maximum atomic E-state index is 13.9. The second kappa shape index (κ2) is 11.7. The van der Waals surface area contributed by atoms with Gasteiger partial charge in [-0.25, -0.2) is 9.69 Å². The van der Waals surface area contributed by atoms with E-state index < -0.39 is 45.6 Å². The van der Waals surface area contributed by atoms with Crippen molar-refractivity contribution < 1.29 is 28.3 Å². The van der Waals surface area contributed by atoms with E-state index in [1.807, 2.05) is 0 Å². The number of benzene rings is 2. The fourth-order valence-corrected chi connectivity index (χ4v) is 8.21. The first-order chi connectivity index (χ1) is 20.7. The lowest BCUT2D eigenvalue weighted by Crippen LogP contribution is -2.32. The van der Waals surface area contributed by atoms with Crippen LogP contribution in [0.2, 0.25) is 10.0 Å². The van der Waals surface area contributed by atoms with Gasteiger partial charge in [0.15, 0.2) is 0 Å². The summed E-state index contributed by atoms with van der Waals surface area (Å²) in [6.45, 7) is 1.58. The number of thioether (sulfide) groups is 1. The minimum Gasteiger partial charge on any atom is -0.469 e. The second-order valence-electron chi connectivity index (χ2n) is 9.64. The predicted octanol–water partition coefficient (Wildman–Crippen LogP) is 5.42. The fraction of sp³-hybridized carbons (Fsp3) is 0.207. The average Bonchev–Trinajstić information content (AvgIpc) is 3.68. The van der Waals surface area contributed by atoms with Crippen LogP contribution in [0.5, 0.6) is 0 Å². The Morgan fingerprint density at radius 2 is 1.79 bits per heavy atom. The molecule has 2 aliphatic heterocycles. The Labute approximate surface area is 262 Å². The van der Waals surface area contributed by atoms with E-state index in [0.29, 0.717) is 32.1 Å². The molecule has 10 nitrogen and oxygen atoms in total. The molecule has 220 valence electrons. The van der Waals surface area contributed by atoms with Crippen molar-refractivity contribution in [1.82, 2.24) is 4.57 Å². The Morgan fingerprint density at radius 3 is 2.47 bits per heavy atom. The van der Waals surface area contributed by atoms with Crippen molar-refractivity contribution in [3.63, 3.8) is 0 Å². The standard InChI is InChI=1S/C29H21Cl2N3O7S2/c1-2-40-28(38)14-5-8-16(9-6-14)34-25(36)22-21(19-4-3-11-41-19)24-27(42-23(22)26(34)37)33(29(39)43-24)13-20(35)32-15-7-10-17(30)18(31)12-15/h3-12,21-23H,2,13H2,1H3,(H,32,35)/t21-,22?,23?/m1/s1. The zero-order valence-electron chi connectivity index (χ0n) is 22.2. The maximum absolute atomic E-state index is 13.9. The smallest absolute Gasteiger partial charge is 0.338 e. The van der Waals surface area contributed by atoms with Gasteiger partial charge in [-0.2, -0.15) is 0 Å². The number of anilines is 2. The van der Waals surface area contributed by atoms with E-state index in [9.17, 15) is 24.0 Å². The monoisotopic (exact) mass is 657 g/mol. The second-order valence-corrected chi connectivity index (χ2v) is 12.6. The lowest BCUT2D eigenvalue weighted by Gasteiger charge is -2.29. The van der Waals surface area contributed by atoms with E-state index in [-0.39, 0.29) is 23.7 Å². The molecule has 3 amide bonds. The highest BCUT2D eigenvalue weighted by Gasteiger charge is 2.57. The number of hydrogen-bond donors (Lipinski definition) is 1. The number of hydrogen-bond acceptors (Lipinski definition) is 9. The molecule has 0 aliphatic carbocycles. The summed E-state index contributed by atoms with van der Waals surface area (Å²) in [5.41, 5.74) is 0.993. The number of nitrogens with one attached hydrogen (secondary N) is 1. The van der Waals surface area contributed by atoms with Crippen molar-refractivity contribution in [2.24, 2.45) is 5.92 Å². The number of thiazole rings is 1. The van der Waals surface area contributed by atoms with Gasteiger partial charge in [-0.15, -0.1) is 0 Å². The zero-order chi connectivity index (χ0) is 30.4. The first-order valence-electron chi connectivity index (χ1n) is 13.0. The van der Waals surface area contributed by atoms with E-state index in [0.717, 1.165) is 28.0 Å². The largest absolute Gasteiger partial charge is 0.469 e. The van der Waals surface area contributed by atoms with Crippen LogP contribution in [0.4, 0.5) is 11.4 Å². The molecule has 2 aromatic heterocycles. The predicted molar refractivity (Wildman–Crippen MR) is 162 cm³/mol. The molecular weight excluding hydrogens is 637 g/mol. The Morgan fingerprint density at radius 1 is 1.02 bits per heavy atom. The van der Waals surface area contributed by atoms with Gasteiger partial charge in [-0.3, -0.25) is 23.7 Å². The summed E-state index contributed by atoms with van der Waals surface area (Å²) < 4.78 is 12.0. The zero-order valence-corrected chi connectivity index (χ0v) is 25.4. The number of halogens is 2. The molecule has 0 spiro atoms. The Kier molecular flexibility index (Phi) is 7.94. The first-order valence-corrected chi connectivity index (χ1v) is 15.5. The highest BCUT2D eigenvalue weighted by Crippen LogP contribution is 2.54. The number of furan rings is 1. The van der Waals surface area contributed by atoms with Crippen LogP contribution in [0.3, 0.4) is 0 Å². The van der Waals surface area contributed by atoms with Crippen molar-refractivity contribution >= 4 is 81.4 Å². The number of rotatable bonds is 7. The van der Waals surface area contributed by atoms with Crippen molar-refractivity contribution in [1.29, 1.82) is 0 Å². The van der Waals surface area contributed by atoms with Gasteiger partial charge < -0.3 is 14.5 Å². The molecule has 14 heteroatoms. The summed E-state index contributed by atoms with van der Waals surface area (Å²) >= 11 is 14.0. The number of carbonyl (C=O) groups excluding carboxylic acids is 4. The minimum absolute atomic E-state index is 0.213. The number of amides is 3. The van der Waals surface area contributed by atoms with Gasteiger partial charge in [-0.1, -0.05) is 46.3 Å². The van der Waals surface area contributed by atoms with Crippen molar-refractivity contribution in [2.45, 2.75) is 29.7 Å². The summed E-state index contributed by atoms with van der Waals surface area (Å²) in [6.07, 6.45) is 1.46. The topological polar surface area (TPSA) is 128 Å². The summed E-state index contributed by atoms with van der Waals surface area (Å²) in [7, 11) is 0. The molecule has 2 unspecified atom stereocenters. The summed E-state index contributed by atoms with van der Waals surface area (Å²) in [5, 5.41) is 2.83. The molecule has 4 aromatic rings. The lowest BCUT2D eigenvalue weighted by atomic mass is 9.87. The van der Waals surface area contributed by atoms with Crippen LogP contribution >= 0.6 is 46.3 Å². The van der Waals surface area contributed by atoms with Crippen LogP contribution in [0.15, 0.2) is 75.1 Å². The fourth-order valence-electron chi connectivity index (χ4n) is 5.16. The molecule has 6 rings (SSSR count). The lowest BCUT2D eigenvalue weighted by molar-refractivity contribution is -0.122. The summed E-state index contributed by atoms with van der Waals surface area (Å²) in [4.78, 5) is 67.2. The number of ether oxygens (including phenoxy) is 1. The van der Waals surface area contributed by atoms with Gasteiger partial charge in [0.25, 0.3) is 0 Å². The van der Waals surface area contributed by atoms with Crippen LogP contribution in [0, 0.1) is 5.92 Å². The maximum Gasteiger partial charge on any atom is 0.338 e. The Hall–Kier alpha value is -3.84. The molecule has 3 atom stereocenters. The van der Waals surface area contributed by atoms with Crippen LogP contribution in [-0.4, -0.2) is 40.1 Å². The third-order valence-electron chi connectivity index (χ3n) is 7.04. The van der Waals surface area contributed by atoms with E-state index in [1.165, 1.54) is 41.2 Å². The number of nitrogens with zero attached hydrogens (tertiary/aromatic N) is 2. The Bertz CT molecular complexity index is 1820.